The van der Waals surface area contributed by atoms with Gasteiger partial charge in [0.15, 0.2) is 5.60 Å². The van der Waals surface area contributed by atoms with Gasteiger partial charge in [-0.05, 0) is 12.8 Å². The Kier molecular flexibility index (Phi) is 22.9. The van der Waals surface area contributed by atoms with E-state index in [2.05, 4.69) is 13.8 Å². The zero-order valence-corrected chi connectivity index (χ0v) is 22.1. The number of carbonyl (C=O) groups is 5. The summed E-state index contributed by atoms with van der Waals surface area (Å²) < 4.78 is 10.1. The molecule has 0 fully saturated rings. The fourth-order valence-corrected chi connectivity index (χ4v) is 3.06. The highest BCUT2D eigenvalue weighted by Crippen LogP contribution is 2.15. The predicted octanol–water partition coefficient (Wildman–Crippen LogP) is 4.10. The van der Waals surface area contributed by atoms with E-state index in [4.69, 9.17) is 29.9 Å². The van der Waals surface area contributed by atoms with E-state index < -0.39 is 48.3 Å². The summed E-state index contributed by atoms with van der Waals surface area (Å²) in [6.45, 7) is 5.21. The molecule has 0 heterocycles. The van der Waals surface area contributed by atoms with Gasteiger partial charge >= 0.3 is 29.8 Å². The Morgan fingerprint density at radius 1 is 0.595 bits per heavy atom. The van der Waals surface area contributed by atoms with Gasteiger partial charge in [0.2, 0.25) is 0 Å². The number of carbonyl (C=O) groups excluding carboxylic acids is 2. The zero-order chi connectivity index (χ0) is 28.5. The van der Waals surface area contributed by atoms with Gasteiger partial charge in [-0.2, -0.15) is 0 Å². The molecule has 11 heteroatoms. The normalized spacial score (nSPS) is 10.9. The molecule has 0 aliphatic rings. The van der Waals surface area contributed by atoms with Gasteiger partial charge in [0.1, 0.15) is 0 Å². The summed E-state index contributed by atoms with van der Waals surface area (Å²) in [6, 6.07) is 0. The highest BCUT2D eigenvalue weighted by atomic mass is 16.5. The molecule has 0 unspecified atom stereocenters. The molecule has 214 valence electrons. The van der Waals surface area contributed by atoms with Crippen LogP contribution in [0, 0.1) is 0 Å². The molecule has 0 atom stereocenters. The maximum atomic E-state index is 11.4. The van der Waals surface area contributed by atoms with Gasteiger partial charge in [-0.1, -0.05) is 78.1 Å². The van der Waals surface area contributed by atoms with Crippen molar-refractivity contribution < 1.29 is 53.9 Å². The van der Waals surface area contributed by atoms with Crippen LogP contribution in [0.15, 0.2) is 12.2 Å². The van der Waals surface area contributed by atoms with Crippen molar-refractivity contribution in [2.24, 2.45) is 0 Å². The molecule has 37 heavy (non-hydrogen) atoms. The molecule has 0 bridgehead atoms. The largest absolute Gasteiger partial charge is 0.481 e. The molecule has 0 rings (SSSR count). The number of rotatable bonds is 21. The number of aliphatic hydroxyl groups is 1. The molecule has 0 aliphatic heterocycles. The van der Waals surface area contributed by atoms with E-state index in [9.17, 15) is 24.0 Å². The third kappa shape index (κ3) is 24.5. The molecule has 0 aliphatic carbocycles. The Bertz CT molecular complexity index is 653. The highest BCUT2D eigenvalue weighted by Gasteiger charge is 2.40. The van der Waals surface area contributed by atoms with E-state index in [-0.39, 0.29) is 0 Å². The first-order valence-electron chi connectivity index (χ1n) is 12.9. The van der Waals surface area contributed by atoms with Crippen LogP contribution in [0.25, 0.3) is 0 Å². The van der Waals surface area contributed by atoms with Crippen LogP contribution in [-0.2, 0) is 33.4 Å². The van der Waals surface area contributed by atoms with Crippen LogP contribution in [0.3, 0.4) is 0 Å². The second kappa shape index (κ2) is 23.4. The SMILES string of the molecule is CCCCCCCCOC(=O)/C=C\C(=O)OCCCCCCCC.O=C(O)CC(O)(CC(=O)O)C(=O)O. The Hall–Kier alpha value is -2.95. The van der Waals surface area contributed by atoms with E-state index in [1.807, 2.05) is 0 Å². The van der Waals surface area contributed by atoms with Crippen LogP contribution in [0.2, 0.25) is 0 Å². The van der Waals surface area contributed by atoms with E-state index in [0.717, 1.165) is 37.8 Å². The quantitative estimate of drug-likeness (QED) is 0.0947. The molecular formula is C26H44O11. The van der Waals surface area contributed by atoms with Crippen LogP contribution in [0.4, 0.5) is 0 Å². The molecule has 0 aromatic rings. The summed E-state index contributed by atoms with van der Waals surface area (Å²) in [4.78, 5) is 53.4. The maximum absolute atomic E-state index is 11.4. The maximum Gasteiger partial charge on any atom is 0.336 e. The van der Waals surface area contributed by atoms with Gasteiger partial charge in [-0.15, -0.1) is 0 Å². The molecule has 0 radical (unpaired) electrons. The van der Waals surface area contributed by atoms with Crippen molar-refractivity contribution in [3.63, 3.8) is 0 Å². The molecule has 0 amide bonds. The first-order chi connectivity index (χ1) is 17.5. The number of esters is 2. The highest BCUT2D eigenvalue weighted by molar-refractivity contribution is 5.91. The summed E-state index contributed by atoms with van der Waals surface area (Å²) >= 11 is 0. The molecule has 0 spiro atoms. The average molecular weight is 533 g/mol. The summed E-state index contributed by atoms with van der Waals surface area (Å²) in [7, 11) is 0. The molecule has 4 N–H and O–H groups in total. The van der Waals surface area contributed by atoms with Crippen LogP contribution in [0.1, 0.15) is 104 Å². The first-order valence-corrected chi connectivity index (χ1v) is 12.9. The van der Waals surface area contributed by atoms with E-state index >= 15 is 0 Å². The lowest BCUT2D eigenvalue weighted by Crippen LogP contribution is -2.42. The van der Waals surface area contributed by atoms with Gasteiger partial charge < -0.3 is 29.9 Å². The Morgan fingerprint density at radius 2 is 0.919 bits per heavy atom. The number of carboxylic acid groups (broad SMARTS) is 3. The number of aliphatic carboxylic acids is 3. The van der Waals surface area contributed by atoms with E-state index in [1.165, 1.54) is 51.4 Å². The van der Waals surface area contributed by atoms with Gasteiger partial charge in [0.25, 0.3) is 0 Å². The van der Waals surface area contributed by atoms with Crippen molar-refractivity contribution in [3.8, 4) is 0 Å². The van der Waals surface area contributed by atoms with Crippen LogP contribution < -0.4 is 0 Å². The van der Waals surface area contributed by atoms with Gasteiger partial charge in [0, 0.05) is 12.2 Å². The van der Waals surface area contributed by atoms with Crippen molar-refractivity contribution in [1.29, 1.82) is 0 Å². The van der Waals surface area contributed by atoms with Gasteiger partial charge in [-0.25, -0.2) is 14.4 Å². The lowest BCUT2D eigenvalue weighted by atomic mass is 9.96. The number of hydrogen-bond acceptors (Lipinski definition) is 8. The number of ether oxygens (including phenoxy) is 2. The van der Waals surface area contributed by atoms with E-state index in [1.54, 1.807) is 0 Å². The summed E-state index contributed by atoms with van der Waals surface area (Å²) in [5.41, 5.74) is -2.74. The topological polar surface area (TPSA) is 185 Å². The summed E-state index contributed by atoms with van der Waals surface area (Å²) in [5, 5.41) is 33.8. The first kappa shape index (κ1) is 36.2. The standard InChI is InChI=1S/C20H36O4.C6H8O7/c1-3-5-7-9-11-13-17-23-19(21)15-16-20(22)24-18-14-12-10-8-6-4-2;7-3(8)1-6(13,5(11)12)2-4(9)10/h15-16H,3-14,17-18H2,1-2H3;13H,1-2H2,(H,7,8)(H,9,10)(H,11,12)/b16-15-;. The molecule has 0 aromatic heterocycles. The second-order valence-corrected chi connectivity index (χ2v) is 8.68. The minimum Gasteiger partial charge on any atom is -0.481 e. The van der Waals surface area contributed by atoms with Gasteiger partial charge in [0.05, 0.1) is 26.1 Å². The number of hydrogen-bond donors (Lipinski definition) is 4. The smallest absolute Gasteiger partial charge is 0.336 e. The fourth-order valence-electron chi connectivity index (χ4n) is 3.06. The minimum atomic E-state index is -2.74. The third-order valence-corrected chi connectivity index (χ3v) is 5.13. The van der Waals surface area contributed by atoms with Crippen LogP contribution >= 0.6 is 0 Å². The Morgan fingerprint density at radius 3 is 1.22 bits per heavy atom. The van der Waals surface area contributed by atoms with Crippen molar-refractivity contribution in [2.75, 3.05) is 13.2 Å². The lowest BCUT2D eigenvalue weighted by Gasteiger charge is -2.18. The Labute approximate surface area is 218 Å². The monoisotopic (exact) mass is 532 g/mol. The number of unbranched alkanes of at least 4 members (excludes halogenated alkanes) is 10. The summed E-state index contributed by atoms with van der Waals surface area (Å²) in [5.74, 6) is -5.96. The zero-order valence-electron chi connectivity index (χ0n) is 22.1. The second-order valence-electron chi connectivity index (χ2n) is 8.68. The molecule has 0 aromatic carbocycles. The molecule has 11 nitrogen and oxygen atoms in total. The number of carboxylic acids is 3. The lowest BCUT2D eigenvalue weighted by molar-refractivity contribution is -0.170. The summed E-state index contributed by atoms with van der Waals surface area (Å²) in [6.07, 6.45) is 13.8. The van der Waals surface area contributed by atoms with Crippen molar-refractivity contribution >= 4 is 29.8 Å². The Balaban J connectivity index is 0. The predicted molar refractivity (Wildman–Crippen MR) is 135 cm³/mol. The average Bonchev–Trinajstić information content (AvgIpc) is 2.81. The van der Waals surface area contributed by atoms with Crippen molar-refractivity contribution in [1.82, 2.24) is 0 Å². The molecule has 0 saturated heterocycles. The van der Waals surface area contributed by atoms with Crippen LogP contribution in [0.5, 0.6) is 0 Å². The molecule has 0 saturated carbocycles. The third-order valence-electron chi connectivity index (χ3n) is 5.13. The van der Waals surface area contributed by atoms with Crippen molar-refractivity contribution in [3.05, 3.63) is 12.2 Å². The minimum absolute atomic E-state index is 0.419. The van der Waals surface area contributed by atoms with Crippen molar-refractivity contribution in [2.45, 2.75) is 109 Å². The molecular weight excluding hydrogens is 488 g/mol. The van der Waals surface area contributed by atoms with Crippen LogP contribution in [-0.4, -0.2) is 69.1 Å². The van der Waals surface area contributed by atoms with E-state index in [0.29, 0.717) is 13.2 Å². The van der Waals surface area contributed by atoms with Gasteiger partial charge in [-0.3, -0.25) is 9.59 Å². The fraction of sp³-hybridized carbons (Fsp3) is 0.731.